The third kappa shape index (κ3) is 3.63. The third-order valence-electron chi connectivity index (χ3n) is 3.44. The van der Waals surface area contributed by atoms with Crippen molar-refractivity contribution in [2.24, 2.45) is 5.10 Å². The van der Waals surface area contributed by atoms with Crippen molar-refractivity contribution in [3.8, 4) is 5.75 Å². The summed E-state index contributed by atoms with van der Waals surface area (Å²) in [6, 6.07) is 12.6. The molecule has 0 radical (unpaired) electrons. The molecule has 9 heteroatoms. The quantitative estimate of drug-likeness (QED) is 0.284. The first kappa shape index (κ1) is 17.8. The van der Waals surface area contributed by atoms with Crippen LogP contribution < -0.4 is 0 Å². The number of carbonyl (C=O) groups excluding carboxylic acids is 1. The Balaban J connectivity index is 1.87. The lowest BCUT2D eigenvalue weighted by Gasteiger charge is -2.06. The van der Waals surface area contributed by atoms with Gasteiger partial charge < -0.3 is 5.11 Å². The van der Waals surface area contributed by atoms with Crippen LogP contribution in [0.15, 0.2) is 58.5 Å². The van der Waals surface area contributed by atoms with E-state index in [0.717, 1.165) is 16.8 Å². The lowest BCUT2D eigenvalue weighted by molar-refractivity contribution is -0.385. The number of thioether (sulfide) groups is 1. The zero-order valence-electron chi connectivity index (χ0n) is 13.1. The lowest BCUT2D eigenvalue weighted by atomic mass is 10.2. The molecule has 130 valence electrons. The maximum Gasteiger partial charge on any atom is 0.286 e. The largest absolute Gasteiger partial charge is 0.507 e. The summed E-state index contributed by atoms with van der Waals surface area (Å²) in [4.78, 5) is 23.3. The van der Waals surface area contributed by atoms with E-state index in [9.17, 15) is 20.0 Å². The fourth-order valence-corrected chi connectivity index (χ4v) is 3.36. The summed E-state index contributed by atoms with van der Waals surface area (Å²) in [5.41, 5.74) is 0.623. The van der Waals surface area contributed by atoms with Gasteiger partial charge in [0.1, 0.15) is 5.75 Å². The molecular weight excluding hydrogens is 374 g/mol. The van der Waals surface area contributed by atoms with Gasteiger partial charge in [0.05, 0.1) is 21.6 Å². The summed E-state index contributed by atoms with van der Waals surface area (Å²) in [6.07, 6.45) is 2.75. The number of hydrogen-bond donors (Lipinski definition) is 1. The molecular formula is C17H11N3O4S2. The first-order valence-electron chi connectivity index (χ1n) is 7.30. The average Bonchev–Trinajstić information content (AvgIpc) is 2.88. The highest BCUT2D eigenvalue weighted by Gasteiger charge is 2.32. The summed E-state index contributed by atoms with van der Waals surface area (Å²) < 4.78 is 0.200. The first-order valence-corrected chi connectivity index (χ1v) is 8.53. The van der Waals surface area contributed by atoms with Crippen LogP contribution in [0.25, 0.3) is 6.08 Å². The van der Waals surface area contributed by atoms with Gasteiger partial charge in [0, 0.05) is 11.6 Å². The van der Waals surface area contributed by atoms with Crippen LogP contribution in [0.4, 0.5) is 5.69 Å². The van der Waals surface area contributed by atoms with Crippen molar-refractivity contribution in [1.82, 2.24) is 5.01 Å². The lowest BCUT2D eigenvalue weighted by Crippen LogP contribution is -2.22. The van der Waals surface area contributed by atoms with Crippen LogP contribution in [-0.4, -0.2) is 31.5 Å². The van der Waals surface area contributed by atoms with Gasteiger partial charge in [-0.2, -0.15) is 10.1 Å². The predicted octanol–water partition coefficient (Wildman–Crippen LogP) is 3.54. The number of aromatic hydroxyl groups is 1. The number of nitrogens with zero attached hydrogens (tertiary/aromatic N) is 3. The van der Waals surface area contributed by atoms with Gasteiger partial charge in [-0.1, -0.05) is 42.1 Å². The van der Waals surface area contributed by atoms with Gasteiger partial charge in [0.15, 0.2) is 4.32 Å². The molecule has 1 amide bonds. The Morgan fingerprint density at radius 3 is 2.50 bits per heavy atom. The van der Waals surface area contributed by atoms with Crippen molar-refractivity contribution >= 4 is 52.2 Å². The molecule has 0 aliphatic carbocycles. The summed E-state index contributed by atoms with van der Waals surface area (Å²) in [6.45, 7) is 0. The Hall–Kier alpha value is -3.04. The molecule has 1 saturated heterocycles. The van der Waals surface area contributed by atoms with Crippen molar-refractivity contribution < 1.29 is 14.8 Å². The maximum atomic E-state index is 12.5. The van der Waals surface area contributed by atoms with Gasteiger partial charge in [-0.25, -0.2) is 0 Å². The van der Waals surface area contributed by atoms with E-state index in [1.165, 1.54) is 30.5 Å². The van der Waals surface area contributed by atoms with E-state index in [0.29, 0.717) is 10.5 Å². The number of amides is 1. The molecule has 1 heterocycles. The van der Waals surface area contributed by atoms with E-state index < -0.39 is 10.8 Å². The fraction of sp³-hybridized carbons (Fsp3) is 0. The molecule has 2 aromatic carbocycles. The predicted molar refractivity (Wildman–Crippen MR) is 104 cm³/mol. The molecule has 0 saturated carbocycles. The summed E-state index contributed by atoms with van der Waals surface area (Å²) in [5, 5.41) is 25.9. The molecule has 26 heavy (non-hydrogen) atoms. The number of para-hydroxylation sites is 2. The highest BCUT2D eigenvalue weighted by atomic mass is 32.2. The minimum Gasteiger partial charge on any atom is -0.507 e. The van der Waals surface area contributed by atoms with Crippen molar-refractivity contribution in [1.29, 1.82) is 0 Å². The van der Waals surface area contributed by atoms with Gasteiger partial charge >= 0.3 is 0 Å². The van der Waals surface area contributed by atoms with Gasteiger partial charge in [-0.3, -0.25) is 14.9 Å². The normalized spacial score (nSPS) is 16.0. The van der Waals surface area contributed by atoms with Crippen LogP contribution in [0.2, 0.25) is 0 Å². The monoisotopic (exact) mass is 385 g/mol. The smallest absolute Gasteiger partial charge is 0.286 e. The first-order chi connectivity index (χ1) is 12.5. The molecule has 7 nitrogen and oxygen atoms in total. The SMILES string of the molecule is O=C1/C(=C\c2ccccc2O)SC(=S)N1/N=C/c1ccccc1[N+](=O)[O-]. The van der Waals surface area contributed by atoms with E-state index >= 15 is 0 Å². The Morgan fingerprint density at radius 2 is 1.81 bits per heavy atom. The molecule has 0 spiro atoms. The molecule has 0 bridgehead atoms. The molecule has 0 unspecified atom stereocenters. The van der Waals surface area contributed by atoms with Crippen LogP contribution in [0.5, 0.6) is 5.75 Å². The average molecular weight is 385 g/mol. The zero-order valence-corrected chi connectivity index (χ0v) is 14.7. The number of carbonyl (C=O) groups is 1. The molecule has 1 aliphatic rings. The molecule has 2 aromatic rings. The third-order valence-corrected chi connectivity index (χ3v) is 4.73. The Labute approximate surface area is 157 Å². The number of nitro groups is 1. The minimum atomic E-state index is -0.524. The molecule has 3 rings (SSSR count). The van der Waals surface area contributed by atoms with Gasteiger partial charge in [0.2, 0.25) is 0 Å². The van der Waals surface area contributed by atoms with Crippen LogP contribution in [0.3, 0.4) is 0 Å². The summed E-state index contributed by atoms with van der Waals surface area (Å²) in [5.74, 6) is -0.417. The number of nitro benzene ring substituents is 1. The van der Waals surface area contributed by atoms with Crippen LogP contribution >= 0.6 is 24.0 Å². The van der Waals surface area contributed by atoms with E-state index in [1.54, 1.807) is 30.3 Å². The van der Waals surface area contributed by atoms with Crippen molar-refractivity contribution in [3.05, 3.63) is 74.7 Å². The van der Waals surface area contributed by atoms with Crippen LogP contribution in [0.1, 0.15) is 11.1 Å². The molecule has 1 N–H and O–H groups in total. The number of phenolic OH excluding ortho intramolecular Hbond substituents is 1. The van der Waals surface area contributed by atoms with Crippen LogP contribution in [-0.2, 0) is 4.79 Å². The van der Waals surface area contributed by atoms with E-state index in [1.807, 2.05) is 0 Å². The number of hydrogen-bond acceptors (Lipinski definition) is 7. The van der Waals surface area contributed by atoms with Gasteiger partial charge in [-0.15, -0.1) is 0 Å². The van der Waals surface area contributed by atoms with Crippen molar-refractivity contribution in [3.63, 3.8) is 0 Å². The summed E-state index contributed by atoms with van der Waals surface area (Å²) >= 11 is 6.20. The second-order valence-electron chi connectivity index (χ2n) is 5.11. The van der Waals surface area contributed by atoms with Gasteiger partial charge in [0.25, 0.3) is 11.6 Å². The number of hydrazone groups is 1. The number of thiocarbonyl (C=S) groups is 1. The number of benzene rings is 2. The maximum absolute atomic E-state index is 12.5. The highest BCUT2D eigenvalue weighted by molar-refractivity contribution is 8.26. The fourth-order valence-electron chi connectivity index (χ4n) is 2.19. The Bertz CT molecular complexity index is 972. The van der Waals surface area contributed by atoms with E-state index in [2.05, 4.69) is 5.10 Å². The molecule has 1 aliphatic heterocycles. The van der Waals surface area contributed by atoms with Crippen molar-refractivity contribution in [2.75, 3.05) is 0 Å². The van der Waals surface area contributed by atoms with Crippen molar-refractivity contribution in [2.45, 2.75) is 0 Å². The minimum absolute atomic E-state index is 0.0428. The van der Waals surface area contributed by atoms with E-state index in [-0.39, 0.29) is 21.3 Å². The van der Waals surface area contributed by atoms with E-state index in [4.69, 9.17) is 12.2 Å². The summed E-state index contributed by atoms with van der Waals surface area (Å²) in [7, 11) is 0. The zero-order chi connectivity index (χ0) is 18.7. The Morgan fingerprint density at radius 1 is 1.15 bits per heavy atom. The Kier molecular flexibility index (Phi) is 5.10. The molecule has 0 atom stereocenters. The molecule has 0 aromatic heterocycles. The highest BCUT2D eigenvalue weighted by Crippen LogP contribution is 2.34. The van der Waals surface area contributed by atoms with Gasteiger partial charge in [-0.05, 0) is 30.4 Å². The standard InChI is InChI=1S/C17H11N3O4S2/c21-14-8-4-2-5-11(14)9-15-16(22)19(17(25)26-15)18-10-12-6-1-3-7-13(12)20(23)24/h1-10,21H/b15-9+,18-10+. The number of phenols is 1. The second kappa shape index (κ2) is 7.46. The second-order valence-corrected chi connectivity index (χ2v) is 6.79. The topological polar surface area (TPSA) is 96.0 Å². The number of rotatable bonds is 4. The van der Waals surface area contributed by atoms with Crippen LogP contribution in [0, 0.1) is 10.1 Å². The molecule has 1 fully saturated rings.